The fraction of sp³-hybridized carbons (Fsp3) is 0.571. The van der Waals surface area contributed by atoms with Crippen LogP contribution in [0, 0.1) is 5.92 Å². The number of rotatable bonds is 2. The normalized spacial score (nSPS) is 25.7. The van der Waals surface area contributed by atoms with Crippen molar-refractivity contribution in [3.05, 3.63) is 28.7 Å². The van der Waals surface area contributed by atoms with E-state index in [1.807, 2.05) is 0 Å². The van der Waals surface area contributed by atoms with Gasteiger partial charge in [-0.15, -0.1) is 0 Å². The Morgan fingerprint density at radius 1 is 1.29 bits per heavy atom. The predicted octanol–water partition coefficient (Wildman–Crippen LogP) is 3.03. The zero-order valence-electron chi connectivity index (χ0n) is 10.0. The summed E-state index contributed by atoms with van der Waals surface area (Å²) in [6, 6.07) is 9.38. The Morgan fingerprint density at radius 3 is 2.94 bits per heavy atom. The molecule has 0 aromatic heterocycles. The van der Waals surface area contributed by atoms with Gasteiger partial charge in [-0.1, -0.05) is 22.0 Å². The average Bonchev–Trinajstić information content (AvgIpc) is 3.15. The third kappa shape index (κ3) is 2.83. The first-order valence-corrected chi connectivity index (χ1v) is 7.36. The molecular formula is C14H19BrN2. The summed E-state index contributed by atoms with van der Waals surface area (Å²) >= 11 is 3.56. The second-order valence-corrected chi connectivity index (χ2v) is 6.09. The Hall–Kier alpha value is -0.540. The lowest BCUT2D eigenvalue weighted by Crippen LogP contribution is -2.39. The Morgan fingerprint density at radius 2 is 2.18 bits per heavy atom. The summed E-state index contributed by atoms with van der Waals surface area (Å²) in [6.45, 7) is 3.51. The molecule has 0 radical (unpaired) electrons. The van der Waals surface area contributed by atoms with Crippen LogP contribution in [0.15, 0.2) is 28.7 Å². The van der Waals surface area contributed by atoms with Crippen LogP contribution in [-0.4, -0.2) is 25.7 Å². The van der Waals surface area contributed by atoms with Crippen molar-refractivity contribution in [2.24, 2.45) is 5.92 Å². The SMILES string of the molecule is Brc1cccc(N2CCCNC(C3CC3)C2)c1. The predicted molar refractivity (Wildman–Crippen MR) is 75.5 cm³/mol. The van der Waals surface area contributed by atoms with Crippen LogP contribution in [0.5, 0.6) is 0 Å². The van der Waals surface area contributed by atoms with Crippen LogP contribution in [0.2, 0.25) is 0 Å². The Kier molecular flexibility index (Phi) is 3.39. The maximum atomic E-state index is 3.70. The van der Waals surface area contributed by atoms with Crippen LogP contribution in [0.25, 0.3) is 0 Å². The summed E-state index contributed by atoms with van der Waals surface area (Å²) in [7, 11) is 0. The number of hydrogen-bond donors (Lipinski definition) is 1. The third-order valence-corrected chi connectivity index (χ3v) is 4.29. The molecule has 2 aliphatic rings. The lowest BCUT2D eigenvalue weighted by molar-refractivity contribution is 0.490. The summed E-state index contributed by atoms with van der Waals surface area (Å²) in [4.78, 5) is 2.54. The van der Waals surface area contributed by atoms with Gasteiger partial charge >= 0.3 is 0 Å². The monoisotopic (exact) mass is 294 g/mol. The molecule has 0 amide bonds. The smallest absolute Gasteiger partial charge is 0.0378 e. The third-order valence-electron chi connectivity index (χ3n) is 3.79. The second kappa shape index (κ2) is 4.99. The van der Waals surface area contributed by atoms with E-state index in [2.05, 4.69) is 50.4 Å². The van der Waals surface area contributed by atoms with Crippen LogP contribution in [0.1, 0.15) is 19.3 Å². The molecule has 0 bridgehead atoms. The van der Waals surface area contributed by atoms with Gasteiger partial charge in [0, 0.05) is 29.3 Å². The van der Waals surface area contributed by atoms with Crippen LogP contribution >= 0.6 is 15.9 Å². The van der Waals surface area contributed by atoms with Crippen molar-refractivity contribution in [2.45, 2.75) is 25.3 Å². The zero-order valence-corrected chi connectivity index (χ0v) is 11.6. The van der Waals surface area contributed by atoms with E-state index in [0.717, 1.165) is 5.92 Å². The lowest BCUT2D eigenvalue weighted by Gasteiger charge is -2.26. The summed E-state index contributed by atoms with van der Waals surface area (Å²) in [5.74, 6) is 0.933. The van der Waals surface area contributed by atoms with Gasteiger partial charge in [0.2, 0.25) is 0 Å². The number of hydrogen-bond acceptors (Lipinski definition) is 2. The van der Waals surface area contributed by atoms with Gasteiger partial charge in [0.05, 0.1) is 0 Å². The van der Waals surface area contributed by atoms with Crippen molar-refractivity contribution < 1.29 is 0 Å². The molecule has 3 heteroatoms. The molecule has 1 N–H and O–H groups in total. The molecule has 1 aliphatic heterocycles. The summed E-state index contributed by atoms with van der Waals surface area (Å²) in [5, 5.41) is 3.70. The summed E-state index contributed by atoms with van der Waals surface area (Å²) in [5.41, 5.74) is 1.36. The van der Waals surface area contributed by atoms with E-state index in [0.29, 0.717) is 6.04 Å². The summed E-state index contributed by atoms with van der Waals surface area (Å²) in [6.07, 6.45) is 4.09. The molecule has 2 fully saturated rings. The van der Waals surface area contributed by atoms with E-state index < -0.39 is 0 Å². The van der Waals surface area contributed by atoms with Crippen LogP contribution < -0.4 is 10.2 Å². The van der Waals surface area contributed by atoms with E-state index >= 15 is 0 Å². The van der Waals surface area contributed by atoms with Gasteiger partial charge in [0.15, 0.2) is 0 Å². The fourth-order valence-corrected chi connectivity index (χ4v) is 3.06. The second-order valence-electron chi connectivity index (χ2n) is 5.18. The molecule has 1 saturated carbocycles. The van der Waals surface area contributed by atoms with E-state index in [9.17, 15) is 0 Å². The zero-order chi connectivity index (χ0) is 11.7. The molecule has 2 nitrogen and oxygen atoms in total. The van der Waals surface area contributed by atoms with Gasteiger partial charge < -0.3 is 10.2 Å². The molecule has 1 heterocycles. The van der Waals surface area contributed by atoms with Crippen molar-refractivity contribution in [2.75, 3.05) is 24.5 Å². The number of halogens is 1. The number of nitrogens with zero attached hydrogens (tertiary/aromatic N) is 1. The molecule has 3 rings (SSSR count). The molecule has 1 atom stereocenters. The molecule has 1 aromatic carbocycles. The lowest BCUT2D eigenvalue weighted by atomic mass is 10.1. The Balaban J connectivity index is 1.76. The molecule has 17 heavy (non-hydrogen) atoms. The van der Waals surface area contributed by atoms with Crippen molar-refractivity contribution >= 4 is 21.6 Å². The van der Waals surface area contributed by atoms with Gasteiger partial charge in [0.1, 0.15) is 0 Å². The maximum absolute atomic E-state index is 3.70. The molecular weight excluding hydrogens is 276 g/mol. The first-order valence-electron chi connectivity index (χ1n) is 6.57. The summed E-state index contributed by atoms with van der Waals surface area (Å²) < 4.78 is 1.18. The van der Waals surface area contributed by atoms with E-state index in [4.69, 9.17) is 0 Å². The highest BCUT2D eigenvalue weighted by molar-refractivity contribution is 9.10. The van der Waals surface area contributed by atoms with Gasteiger partial charge in [0.25, 0.3) is 0 Å². The minimum Gasteiger partial charge on any atom is -0.370 e. The standard InChI is InChI=1S/C14H19BrN2/c15-12-3-1-4-13(9-12)17-8-2-7-16-14(10-17)11-5-6-11/h1,3-4,9,11,14,16H,2,5-8,10H2. The Labute approximate surface area is 112 Å². The number of nitrogens with one attached hydrogen (secondary N) is 1. The molecule has 0 spiro atoms. The minimum atomic E-state index is 0.705. The fourth-order valence-electron chi connectivity index (χ4n) is 2.67. The first kappa shape index (κ1) is 11.5. The molecule has 1 aliphatic carbocycles. The van der Waals surface area contributed by atoms with E-state index in [1.165, 1.54) is 49.1 Å². The molecule has 1 saturated heterocycles. The number of anilines is 1. The van der Waals surface area contributed by atoms with Gasteiger partial charge in [-0.05, 0) is 49.9 Å². The molecule has 1 aromatic rings. The largest absolute Gasteiger partial charge is 0.370 e. The minimum absolute atomic E-state index is 0.705. The quantitative estimate of drug-likeness (QED) is 0.902. The van der Waals surface area contributed by atoms with Crippen molar-refractivity contribution in [1.82, 2.24) is 5.32 Å². The highest BCUT2D eigenvalue weighted by Gasteiger charge is 2.33. The maximum Gasteiger partial charge on any atom is 0.0378 e. The van der Waals surface area contributed by atoms with Gasteiger partial charge in [-0.25, -0.2) is 0 Å². The van der Waals surface area contributed by atoms with Crippen molar-refractivity contribution in [1.29, 1.82) is 0 Å². The van der Waals surface area contributed by atoms with Crippen molar-refractivity contribution in [3.8, 4) is 0 Å². The topological polar surface area (TPSA) is 15.3 Å². The average molecular weight is 295 g/mol. The molecule has 1 unspecified atom stereocenters. The molecule has 92 valence electrons. The Bertz CT molecular complexity index is 390. The van der Waals surface area contributed by atoms with E-state index in [-0.39, 0.29) is 0 Å². The van der Waals surface area contributed by atoms with Crippen LogP contribution in [0.3, 0.4) is 0 Å². The number of benzene rings is 1. The van der Waals surface area contributed by atoms with E-state index in [1.54, 1.807) is 0 Å². The first-order chi connectivity index (χ1) is 8.33. The highest BCUT2D eigenvalue weighted by Crippen LogP contribution is 2.34. The van der Waals surface area contributed by atoms with Gasteiger partial charge in [-0.2, -0.15) is 0 Å². The van der Waals surface area contributed by atoms with Crippen LogP contribution in [0.4, 0.5) is 5.69 Å². The van der Waals surface area contributed by atoms with Gasteiger partial charge in [-0.3, -0.25) is 0 Å². The van der Waals surface area contributed by atoms with Crippen LogP contribution in [-0.2, 0) is 0 Å². The van der Waals surface area contributed by atoms with Crippen molar-refractivity contribution in [3.63, 3.8) is 0 Å². The highest BCUT2D eigenvalue weighted by atomic mass is 79.9.